The number of nitrogens with zero attached hydrogens (tertiary/aromatic N) is 1. The lowest BCUT2D eigenvalue weighted by Gasteiger charge is -2.41. The van der Waals surface area contributed by atoms with Crippen molar-refractivity contribution in [3.05, 3.63) is 59.7 Å². The average molecular weight is 431 g/mol. The largest absolute Gasteiger partial charge is 0.487 e. The van der Waals surface area contributed by atoms with E-state index in [1.54, 1.807) is 31.2 Å². The van der Waals surface area contributed by atoms with Crippen LogP contribution in [0.25, 0.3) is 0 Å². The monoisotopic (exact) mass is 430 g/mol. The summed E-state index contributed by atoms with van der Waals surface area (Å²) in [6.45, 7) is 5.82. The highest BCUT2D eigenvalue weighted by molar-refractivity contribution is 7.92. The zero-order valence-corrected chi connectivity index (χ0v) is 18.8. The molecule has 2 aromatic carbocycles. The van der Waals surface area contributed by atoms with Gasteiger partial charge in [0.05, 0.1) is 17.5 Å². The van der Waals surface area contributed by atoms with Gasteiger partial charge in [-0.15, -0.1) is 0 Å². The van der Waals surface area contributed by atoms with Gasteiger partial charge >= 0.3 is 0 Å². The molecule has 0 radical (unpaired) electrons. The fraction of sp³-hybridized carbons (Fsp3) is 0.435. The standard InChI is InChI=1S/C23H30N2O4S/c1-5-23(6-2)16-20(19-10-8-9-11-21(19)29-23)24-22(26)17-12-14-18(15-13-17)25(4)30(27,28)7-3/h8-15,20H,5-7,16H2,1-4H3,(H,24,26)/t20-/m1/s1. The number of amides is 1. The molecular formula is C23H30N2O4S. The molecule has 0 fully saturated rings. The van der Waals surface area contributed by atoms with E-state index in [9.17, 15) is 13.2 Å². The third kappa shape index (κ3) is 4.31. The number of ether oxygens (including phenoxy) is 1. The van der Waals surface area contributed by atoms with Crippen molar-refractivity contribution in [1.82, 2.24) is 5.32 Å². The number of carbonyl (C=O) groups is 1. The number of anilines is 1. The molecule has 0 spiro atoms. The van der Waals surface area contributed by atoms with Crippen molar-refractivity contribution in [2.45, 2.75) is 51.7 Å². The van der Waals surface area contributed by atoms with Crippen LogP contribution in [0.3, 0.4) is 0 Å². The average Bonchev–Trinajstić information content (AvgIpc) is 2.78. The second-order valence-corrected chi connectivity index (χ2v) is 9.96. The number of hydrogen-bond acceptors (Lipinski definition) is 4. The molecule has 0 aliphatic carbocycles. The molecular weight excluding hydrogens is 400 g/mol. The molecule has 0 unspecified atom stereocenters. The van der Waals surface area contributed by atoms with E-state index >= 15 is 0 Å². The lowest BCUT2D eigenvalue weighted by atomic mass is 9.83. The molecule has 1 amide bonds. The zero-order valence-electron chi connectivity index (χ0n) is 18.0. The molecule has 0 saturated heterocycles. The van der Waals surface area contributed by atoms with E-state index in [4.69, 9.17) is 4.74 Å². The van der Waals surface area contributed by atoms with E-state index < -0.39 is 10.0 Å². The van der Waals surface area contributed by atoms with Crippen molar-refractivity contribution in [2.24, 2.45) is 0 Å². The van der Waals surface area contributed by atoms with E-state index in [0.717, 1.165) is 24.2 Å². The highest BCUT2D eigenvalue weighted by atomic mass is 32.2. The summed E-state index contributed by atoms with van der Waals surface area (Å²) in [5.41, 5.74) is 1.70. The van der Waals surface area contributed by atoms with Crippen molar-refractivity contribution < 1.29 is 17.9 Å². The molecule has 30 heavy (non-hydrogen) atoms. The molecule has 6 nitrogen and oxygen atoms in total. The number of hydrogen-bond donors (Lipinski definition) is 1. The van der Waals surface area contributed by atoms with Gasteiger partial charge in [0.25, 0.3) is 5.91 Å². The van der Waals surface area contributed by atoms with Crippen LogP contribution in [0.4, 0.5) is 5.69 Å². The predicted molar refractivity (Wildman–Crippen MR) is 120 cm³/mol. The maximum atomic E-state index is 13.0. The van der Waals surface area contributed by atoms with Crippen LogP contribution >= 0.6 is 0 Å². The van der Waals surface area contributed by atoms with Crippen molar-refractivity contribution in [2.75, 3.05) is 17.1 Å². The van der Waals surface area contributed by atoms with Crippen LogP contribution in [0, 0.1) is 0 Å². The molecule has 1 aliphatic heterocycles. The summed E-state index contributed by atoms with van der Waals surface area (Å²) in [7, 11) is -1.82. The van der Waals surface area contributed by atoms with Crippen LogP contribution in [-0.4, -0.2) is 32.7 Å². The summed E-state index contributed by atoms with van der Waals surface area (Å²) in [5, 5.41) is 3.15. The SMILES string of the molecule is CCC1(CC)C[C@@H](NC(=O)c2ccc(N(C)S(=O)(=O)CC)cc2)c2ccccc2O1. The Balaban J connectivity index is 1.81. The van der Waals surface area contributed by atoms with E-state index in [0.29, 0.717) is 17.7 Å². The van der Waals surface area contributed by atoms with Gasteiger partial charge in [-0.3, -0.25) is 9.10 Å². The Morgan fingerprint density at radius 1 is 1.10 bits per heavy atom. The molecule has 2 aromatic rings. The number of para-hydroxylation sites is 1. The summed E-state index contributed by atoms with van der Waals surface area (Å²) in [4.78, 5) is 13.0. The second-order valence-electron chi connectivity index (χ2n) is 7.68. The summed E-state index contributed by atoms with van der Waals surface area (Å²) in [6.07, 6.45) is 2.42. The lowest BCUT2D eigenvalue weighted by molar-refractivity contribution is 0.0227. The summed E-state index contributed by atoms with van der Waals surface area (Å²) in [5.74, 6) is 0.649. The van der Waals surface area contributed by atoms with Crippen LogP contribution < -0.4 is 14.4 Å². The first kappa shape index (κ1) is 22.2. The topological polar surface area (TPSA) is 75.7 Å². The van der Waals surface area contributed by atoms with Gasteiger partial charge in [0.1, 0.15) is 11.4 Å². The van der Waals surface area contributed by atoms with Crippen molar-refractivity contribution in [3.8, 4) is 5.75 Å². The summed E-state index contributed by atoms with van der Waals surface area (Å²) >= 11 is 0. The van der Waals surface area contributed by atoms with Gasteiger partial charge in [-0.2, -0.15) is 0 Å². The van der Waals surface area contributed by atoms with Crippen LogP contribution in [0.1, 0.15) is 62.0 Å². The van der Waals surface area contributed by atoms with Gasteiger partial charge in [0.15, 0.2) is 0 Å². The molecule has 1 atom stereocenters. The smallest absolute Gasteiger partial charge is 0.251 e. The van der Waals surface area contributed by atoms with Crippen molar-refractivity contribution in [1.29, 1.82) is 0 Å². The third-order valence-corrected chi connectivity index (χ3v) is 7.84. The Morgan fingerprint density at radius 3 is 2.33 bits per heavy atom. The summed E-state index contributed by atoms with van der Waals surface area (Å²) in [6, 6.07) is 14.3. The zero-order chi connectivity index (χ0) is 21.9. The lowest BCUT2D eigenvalue weighted by Crippen LogP contribution is -2.44. The van der Waals surface area contributed by atoms with Crippen LogP contribution in [-0.2, 0) is 10.0 Å². The number of nitrogens with one attached hydrogen (secondary N) is 1. The Kier molecular flexibility index (Phi) is 6.41. The van der Waals surface area contributed by atoms with Crippen LogP contribution in [0.2, 0.25) is 0 Å². The Labute approximate surface area is 179 Å². The summed E-state index contributed by atoms with van der Waals surface area (Å²) < 4.78 is 31.6. The molecule has 0 saturated carbocycles. The first-order chi connectivity index (χ1) is 14.2. The molecule has 3 rings (SSSR count). The number of sulfonamides is 1. The van der Waals surface area contributed by atoms with Gasteiger partial charge in [0.2, 0.25) is 10.0 Å². The third-order valence-electron chi connectivity index (χ3n) is 6.07. The Morgan fingerprint density at radius 2 is 1.73 bits per heavy atom. The van der Waals surface area contributed by atoms with Crippen LogP contribution in [0.15, 0.2) is 48.5 Å². The molecule has 1 heterocycles. The molecule has 1 N–H and O–H groups in total. The van der Waals surface area contributed by atoms with Gasteiger partial charge in [-0.1, -0.05) is 32.0 Å². The van der Waals surface area contributed by atoms with E-state index in [1.165, 1.54) is 11.4 Å². The highest BCUT2D eigenvalue weighted by Crippen LogP contribution is 2.42. The van der Waals surface area contributed by atoms with Gasteiger partial charge < -0.3 is 10.1 Å². The van der Waals surface area contributed by atoms with E-state index in [1.807, 2.05) is 24.3 Å². The maximum absolute atomic E-state index is 13.0. The molecule has 1 aliphatic rings. The molecule has 0 bridgehead atoms. The molecule has 7 heteroatoms. The van der Waals surface area contributed by atoms with Gasteiger partial charge in [0, 0.05) is 24.6 Å². The van der Waals surface area contributed by atoms with Gasteiger partial charge in [-0.25, -0.2) is 8.42 Å². The fourth-order valence-electron chi connectivity index (χ4n) is 3.85. The molecule has 162 valence electrons. The maximum Gasteiger partial charge on any atom is 0.251 e. The normalized spacial score (nSPS) is 17.5. The van der Waals surface area contributed by atoms with E-state index in [-0.39, 0.29) is 23.3 Å². The van der Waals surface area contributed by atoms with Crippen molar-refractivity contribution >= 4 is 21.6 Å². The minimum atomic E-state index is -3.34. The van der Waals surface area contributed by atoms with E-state index in [2.05, 4.69) is 19.2 Å². The highest BCUT2D eigenvalue weighted by Gasteiger charge is 2.39. The quantitative estimate of drug-likeness (QED) is 0.711. The number of rotatable bonds is 7. The Bertz CT molecular complexity index is 998. The fourth-order valence-corrected chi connectivity index (χ4v) is 4.68. The van der Waals surface area contributed by atoms with Crippen LogP contribution in [0.5, 0.6) is 5.75 Å². The Hall–Kier alpha value is -2.54. The minimum absolute atomic E-state index is 0.0193. The number of benzene rings is 2. The van der Waals surface area contributed by atoms with Crippen molar-refractivity contribution in [3.63, 3.8) is 0 Å². The van der Waals surface area contributed by atoms with Gasteiger partial charge in [-0.05, 0) is 50.1 Å². The minimum Gasteiger partial charge on any atom is -0.487 e. The number of fused-ring (bicyclic) bond motifs is 1. The molecule has 0 aromatic heterocycles. The predicted octanol–water partition coefficient (Wildman–Crippen LogP) is 4.28. The second kappa shape index (κ2) is 8.68. The number of carbonyl (C=O) groups excluding carboxylic acids is 1. The first-order valence-electron chi connectivity index (χ1n) is 10.4. The first-order valence-corrected chi connectivity index (χ1v) is 12.0.